The number of methoxy groups -OCH3 is 1. The highest BCUT2D eigenvalue weighted by Gasteiger charge is 2.08. The lowest BCUT2D eigenvalue weighted by Crippen LogP contribution is -2.09. The van der Waals surface area contributed by atoms with E-state index in [1.165, 1.54) is 0 Å². The zero-order chi connectivity index (χ0) is 15.2. The molecule has 0 radical (unpaired) electrons. The van der Waals surface area contributed by atoms with E-state index in [1.807, 2.05) is 32.2 Å². The fourth-order valence-electron chi connectivity index (χ4n) is 2.29. The number of para-hydroxylation sites is 1. The quantitative estimate of drug-likeness (QED) is 0.886. The normalized spacial score (nSPS) is 10.5. The summed E-state index contributed by atoms with van der Waals surface area (Å²) in [5.41, 5.74) is 4.07. The number of hydrogen-bond donors (Lipinski definition) is 1. The first-order valence-corrected chi connectivity index (χ1v) is 7.01. The van der Waals surface area contributed by atoms with Crippen LogP contribution in [0.1, 0.15) is 22.5 Å². The van der Waals surface area contributed by atoms with E-state index in [2.05, 4.69) is 29.4 Å². The van der Waals surface area contributed by atoms with Crippen molar-refractivity contribution in [1.29, 1.82) is 0 Å². The maximum absolute atomic E-state index is 6.00. The van der Waals surface area contributed by atoms with Gasteiger partial charge in [-0.15, -0.1) is 0 Å². The van der Waals surface area contributed by atoms with Gasteiger partial charge in [-0.1, -0.05) is 18.2 Å². The van der Waals surface area contributed by atoms with Crippen LogP contribution in [0.15, 0.2) is 30.3 Å². The maximum Gasteiger partial charge on any atom is 0.130 e. The number of rotatable bonds is 6. The summed E-state index contributed by atoms with van der Waals surface area (Å²) in [4.78, 5) is 4.48. The van der Waals surface area contributed by atoms with Gasteiger partial charge in [-0.2, -0.15) is 0 Å². The molecule has 1 N–H and O–H groups in total. The van der Waals surface area contributed by atoms with Crippen LogP contribution in [0.5, 0.6) is 11.5 Å². The SMILES string of the molecule is CNCc1cccc(C)c1OCc1cc(OC)cc(C)n1. The van der Waals surface area contributed by atoms with Crippen molar-refractivity contribution >= 4 is 0 Å². The van der Waals surface area contributed by atoms with E-state index >= 15 is 0 Å². The van der Waals surface area contributed by atoms with E-state index < -0.39 is 0 Å². The Labute approximate surface area is 126 Å². The Kier molecular flexibility index (Phi) is 5.17. The number of nitrogens with one attached hydrogen (secondary N) is 1. The van der Waals surface area contributed by atoms with E-state index in [4.69, 9.17) is 9.47 Å². The molecule has 0 saturated carbocycles. The second kappa shape index (κ2) is 7.09. The molecular weight excluding hydrogens is 264 g/mol. The Bertz CT molecular complexity index is 612. The van der Waals surface area contributed by atoms with Gasteiger partial charge >= 0.3 is 0 Å². The van der Waals surface area contributed by atoms with Gasteiger partial charge in [0.15, 0.2) is 0 Å². The first-order valence-electron chi connectivity index (χ1n) is 7.01. The molecule has 21 heavy (non-hydrogen) atoms. The van der Waals surface area contributed by atoms with Gasteiger partial charge in [-0.3, -0.25) is 4.98 Å². The van der Waals surface area contributed by atoms with Crippen molar-refractivity contribution in [3.63, 3.8) is 0 Å². The van der Waals surface area contributed by atoms with Gasteiger partial charge in [0, 0.05) is 29.9 Å². The molecule has 0 spiro atoms. The summed E-state index contributed by atoms with van der Waals surface area (Å²) in [5.74, 6) is 1.73. The van der Waals surface area contributed by atoms with Crippen molar-refractivity contribution in [3.8, 4) is 11.5 Å². The molecule has 112 valence electrons. The van der Waals surface area contributed by atoms with Crippen molar-refractivity contribution in [2.24, 2.45) is 0 Å². The summed E-state index contributed by atoms with van der Waals surface area (Å²) < 4.78 is 11.3. The van der Waals surface area contributed by atoms with Crippen LogP contribution in [0.3, 0.4) is 0 Å². The highest BCUT2D eigenvalue weighted by molar-refractivity contribution is 5.41. The van der Waals surface area contributed by atoms with E-state index in [1.54, 1.807) is 7.11 Å². The number of ether oxygens (including phenoxy) is 2. The minimum absolute atomic E-state index is 0.430. The highest BCUT2D eigenvalue weighted by Crippen LogP contribution is 2.24. The van der Waals surface area contributed by atoms with Crippen LogP contribution in [0, 0.1) is 13.8 Å². The zero-order valence-corrected chi connectivity index (χ0v) is 13.1. The second-order valence-electron chi connectivity index (χ2n) is 5.02. The van der Waals surface area contributed by atoms with Crippen LogP contribution in [-0.2, 0) is 13.2 Å². The topological polar surface area (TPSA) is 43.4 Å². The van der Waals surface area contributed by atoms with Crippen LogP contribution < -0.4 is 14.8 Å². The summed E-state index contributed by atoms with van der Waals surface area (Å²) in [6.07, 6.45) is 0. The fraction of sp³-hybridized carbons (Fsp3) is 0.353. The molecule has 0 saturated heterocycles. The summed E-state index contributed by atoms with van der Waals surface area (Å²) in [6.45, 7) is 5.21. The minimum Gasteiger partial charge on any atom is -0.497 e. The number of aromatic nitrogens is 1. The molecule has 1 aromatic carbocycles. The average molecular weight is 286 g/mol. The Hall–Kier alpha value is -2.07. The van der Waals surface area contributed by atoms with Crippen molar-refractivity contribution < 1.29 is 9.47 Å². The van der Waals surface area contributed by atoms with E-state index in [-0.39, 0.29) is 0 Å². The van der Waals surface area contributed by atoms with Crippen molar-refractivity contribution in [2.75, 3.05) is 14.2 Å². The number of aryl methyl sites for hydroxylation is 2. The monoisotopic (exact) mass is 286 g/mol. The standard InChI is InChI=1S/C17H22N2O2/c1-12-6-5-7-14(10-18-3)17(12)21-11-15-9-16(20-4)8-13(2)19-15/h5-9,18H,10-11H2,1-4H3. The first kappa shape index (κ1) is 15.3. The smallest absolute Gasteiger partial charge is 0.130 e. The molecule has 4 nitrogen and oxygen atoms in total. The average Bonchev–Trinajstić information content (AvgIpc) is 2.46. The van der Waals surface area contributed by atoms with E-state index in [0.29, 0.717) is 6.61 Å². The lowest BCUT2D eigenvalue weighted by molar-refractivity contribution is 0.294. The number of nitrogens with zero attached hydrogens (tertiary/aromatic N) is 1. The third-order valence-electron chi connectivity index (χ3n) is 3.24. The van der Waals surface area contributed by atoms with E-state index in [0.717, 1.165) is 40.6 Å². The molecule has 0 unspecified atom stereocenters. The van der Waals surface area contributed by atoms with Gasteiger partial charge in [-0.05, 0) is 26.5 Å². The van der Waals surface area contributed by atoms with Gasteiger partial charge in [0.05, 0.1) is 12.8 Å². The van der Waals surface area contributed by atoms with Gasteiger partial charge in [0.1, 0.15) is 18.1 Å². The number of pyridine rings is 1. The molecule has 4 heteroatoms. The largest absolute Gasteiger partial charge is 0.497 e. The predicted octanol–water partition coefficient (Wildman–Crippen LogP) is 3.01. The lowest BCUT2D eigenvalue weighted by Gasteiger charge is -2.14. The second-order valence-corrected chi connectivity index (χ2v) is 5.02. The Morgan fingerprint density at radius 1 is 1.19 bits per heavy atom. The molecule has 0 aliphatic rings. The Morgan fingerprint density at radius 3 is 2.71 bits per heavy atom. The van der Waals surface area contributed by atoms with Gasteiger partial charge in [-0.25, -0.2) is 0 Å². The van der Waals surface area contributed by atoms with Crippen molar-refractivity contribution in [2.45, 2.75) is 27.0 Å². The molecule has 0 amide bonds. The molecule has 2 aromatic rings. The number of hydrogen-bond acceptors (Lipinski definition) is 4. The van der Waals surface area contributed by atoms with Crippen LogP contribution in [0.2, 0.25) is 0 Å². The molecule has 2 rings (SSSR count). The molecule has 0 bridgehead atoms. The number of benzene rings is 1. The summed E-state index contributed by atoms with van der Waals surface area (Å²) >= 11 is 0. The summed E-state index contributed by atoms with van der Waals surface area (Å²) in [7, 11) is 3.59. The molecule has 0 aliphatic carbocycles. The maximum atomic E-state index is 6.00. The van der Waals surface area contributed by atoms with Crippen LogP contribution in [-0.4, -0.2) is 19.1 Å². The zero-order valence-electron chi connectivity index (χ0n) is 13.1. The van der Waals surface area contributed by atoms with Gasteiger partial charge in [0.2, 0.25) is 0 Å². The van der Waals surface area contributed by atoms with Crippen molar-refractivity contribution in [3.05, 3.63) is 52.8 Å². The highest BCUT2D eigenvalue weighted by atomic mass is 16.5. The lowest BCUT2D eigenvalue weighted by atomic mass is 10.1. The van der Waals surface area contributed by atoms with Crippen LogP contribution in [0.4, 0.5) is 0 Å². The Balaban J connectivity index is 2.18. The molecule has 0 atom stereocenters. The molecule has 0 aliphatic heterocycles. The fourth-order valence-corrected chi connectivity index (χ4v) is 2.29. The summed E-state index contributed by atoms with van der Waals surface area (Å²) in [6, 6.07) is 9.98. The molecule has 1 heterocycles. The van der Waals surface area contributed by atoms with Crippen LogP contribution >= 0.6 is 0 Å². The third kappa shape index (κ3) is 3.95. The van der Waals surface area contributed by atoms with E-state index in [9.17, 15) is 0 Å². The molecule has 0 fully saturated rings. The van der Waals surface area contributed by atoms with Gasteiger partial charge < -0.3 is 14.8 Å². The van der Waals surface area contributed by atoms with Crippen molar-refractivity contribution in [1.82, 2.24) is 10.3 Å². The molecule has 1 aromatic heterocycles. The minimum atomic E-state index is 0.430. The third-order valence-corrected chi connectivity index (χ3v) is 3.24. The predicted molar refractivity (Wildman–Crippen MR) is 83.8 cm³/mol. The van der Waals surface area contributed by atoms with Crippen LogP contribution in [0.25, 0.3) is 0 Å². The molecular formula is C17H22N2O2. The first-order chi connectivity index (χ1) is 10.1. The summed E-state index contributed by atoms with van der Waals surface area (Å²) in [5, 5.41) is 3.16. The van der Waals surface area contributed by atoms with Gasteiger partial charge in [0.25, 0.3) is 0 Å². The Morgan fingerprint density at radius 2 is 2.00 bits per heavy atom.